The fourth-order valence-electron chi connectivity index (χ4n) is 5.07. The van der Waals surface area contributed by atoms with E-state index in [9.17, 15) is 14.4 Å². The number of nitrogens with one attached hydrogen (secondary N) is 1. The average Bonchev–Trinajstić information content (AvgIpc) is 3.63. The summed E-state index contributed by atoms with van der Waals surface area (Å²) in [7, 11) is 0. The summed E-state index contributed by atoms with van der Waals surface area (Å²) in [6.07, 6.45) is 4.51. The van der Waals surface area contributed by atoms with Gasteiger partial charge < -0.3 is 15.2 Å². The second-order valence-corrected chi connectivity index (χ2v) is 10.7. The zero-order chi connectivity index (χ0) is 27.2. The van der Waals surface area contributed by atoms with Crippen LogP contribution in [0.15, 0.2) is 65.1 Å². The first kappa shape index (κ1) is 26.6. The maximum absolute atomic E-state index is 13.5. The third-order valence-electron chi connectivity index (χ3n) is 7.05. The molecule has 2 N–H and O–H groups in total. The molecule has 9 nitrogen and oxygen atoms in total. The SMILES string of the molecule is O=C(O)CCc1csc(NC(=O)C(c2ccc(CN3N=C(c4ccccc4)OCC3=O)cc2)C2CCCC2)n1. The van der Waals surface area contributed by atoms with Crippen LogP contribution in [0.4, 0.5) is 5.13 Å². The number of amides is 2. The van der Waals surface area contributed by atoms with Gasteiger partial charge in [-0.3, -0.25) is 14.4 Å². The van der Waals surface area contributed by atoms with Crippen LogP contribution in [0.1, 0.15) is 60.4 Å². The number of anilines is 1. The standard InChI is InChI=1S/C29H30N4O5S/c34-24-17-38-28(22-8-2-1-3-9-22)32-33(24)16-19-10-12-21(13-11-19)26(20-6-4-5-7-20)27(37)31-29-30-23(18-39-29)14-15-25(35)36/h1-3,8-13,18,20,26H,4-7,14-17H2,(H,35,36)(H,30,31,37). The molecule has 2 aromatic carbocycles. The molecular formula is C29H30N4O5S. The molecule has 1 unspecified atom stereocenters. The summed E-state index contributed by atoms with van der Waals surface area (Å²) < 4.78 is 5.54. The van der Waals surface area contributed by atoms with Crippen LogP contribution in [0.2, 0.25) is 0 Å². The molecule has 0 bridgehead atoms. The van der Waals surface area contributed by atoms with Crippen LogP contribution >= 0.6 is 11.3 Å². The molecule has 1 aromatic heterocycles. The van der Waals surface area contributed by atoms with Crippen LogP contribution in [0.3, 0.4) is 0 Å². The Balaban J connectivity index is 1.29. The molecule has 202 valence electrons. The van der Waals surface area contributed by atoms with Crippen molar-refractivity contribution >= 4 is 40.1 Å². The van der Waals surface area contributed by atoms with Crippen molar-refractivity contribution in [3.8, 4) is 0 Å². The maximum atomic E-state index is 13.5. The molecule has 2 heterocycles. The number of carbonyl (C=O) groups excluding carboxylic acids is 2. The van der Waals surface area contributed by atoms with Crippen LogP contribution in [0, 0.1) is 5.92 Å². The van der Waals surface area contributed by atoms with Crippen LogP contribution < -0.4 is 5.32 Å². The highest BCUT2D eigenvalue weighted by atomic mass is 32.1. The lowest BCUT2D eigenvalue weighted by molar-refractivity contribution is -0.137. The van der Waals surface area contributed by atoms with E-state index in [0.29, 0.717) is 29.7 Å². The number of carboxylic acid groups (broad SMARTS) is 1. The summed E-state index contributed by atoms with van der Waals surface area (Å²) in [6.45, 7) is 0.238. The quantitative estimate of drug-likeness (QED) is 0.377. The van der Waals surface area contributed by atoms with Gasteiger partial charge in [-0.05, 0) is 42.0 Å². The van der Waals surface area contributed by atoms with Gasteiger partial charge in [0.2, 0.25) is 11.8 Å². The topological polar surface area (TPSA) is 121 Å². The van der Waals surface area contributed by atoms with Crippen LogP contribution in [0.5, 0.6) is 0 Å². The fourth-order valence-corrected chi connectivity index (χ4v) is 5.82. The Hall–Kier alpha value is -4.05. The Morgan fingerprint density at radius 1 is 1.10 bits per heavy atom. The Kier molecular flexibility index (Phi) is 8.31. The normalized spacial score (nSPS) is 16.5. The van der Waals surface area contributed by atoms with Crippen LogP contribution in [0.25, 0.3) is 0 Å². The highest BCUT2D eigenvalue weighted by molar-refractivity contribution is 7.13. The lowest BCUT2D eigenvalue weighted by Crippen LogP contribution is -2.36. The molecule has 0 saturated heterocycles. The first-order chi connectivity index (χ1) is 19.0. The van der Waals surface area contributed by atoms with Crippen molar-refractivity contribution in [1.29, 1.82) is 0 Å². The molecule has 39 heavy (non-hydrogen) atoms. The Labute approximate surface area is 230 Å². The Bertz CT molecular complexity index is 1350. The first-order valence-corrected chi connectivity index (χ1v) is 14.0. The number of aliphatic carboxylic acids is 1. The van der Waals surface area contributed by atoms with Gasteiger partial charge in [-0.15, -0.1) is 16.4 Å². The Morgan fingerprint density at radius 3 is 2.56 bits per heavy atom. The number of aromatic nitrogens is 1. The summed E-state index contributed by atoms with van der Waals surface area (Å²) in [6, 6.07) is 17.3. The summed E-state index contributed by atoms with van der Waals surface area (Å²) in [5.74, 6) is -0.859. The van der Waals surface area contributed by atoms with E-state index in [1.165, 1.54) is 16.3 Å². The van der Waals surface area contributed by atoms with Crippen molar-refractivity contribution in [3.05, 3.63) is 82.4 Å². The molecule has 2 amide bonds. The molecular weight excluding hydrogens is 516 g/mol. The zero-order valence-corrected chi connectivity index (χ0v) is 22.2. The van der Waals surface area contributed by atoms with E-state index in [4.69, 9.17) is 9.84 Å². The van der Waals surface area contributed by atoms with Gasteiger partial charge in [0, 0.05) is 17.4 Å². The smallest absolute Gasteiger partial charge is 0.303 e. The van der Waals surface area contributed by atoms with E-state index < -0.39 is 5.97 Å². The van der Waals surface area contributed by atoms with Gasteiger partial charge in [0.15, 0.2) is 11.7 Å². The van der Waals surface area contributed by atoms with Crippen molar-refractivity contribution < 1.29 is 24.2 Å². The molecule has 2 aliphatic rings. The predicted molar refractivity (Wildman–Crippen MR) is 147 cm³/mol. The number of rotatable bonds is 10. The van der Waals surface area contributed by atoms with Crippen molar-refractivity contribution in [2.24, 2.45) is 11.0 Å². The van der Waals surface area contributed by atoms with E-state index in [-0.39, 0.29) is 36.7 Å². The minimum atomic E-state index is -0.875. The van der Waals surface area contributed by atoms with Gasteiger partial charge >= 0.3 is 5.97 Å². The molecule has 1 fully saturated rings. The number of benzene rings is 2. The van der Waals surface area contributed by atoms with Gasteiger partial charge in [0.1, 0.15) is 0 Å². The number of hydrogen-bond donors (Lipinski definition) is 2. The first-order valence-electron chi connectivity index (χ1n) is 13.1. The molecule has 10 heteroatoms. The van der Waals surface area contributed by atoms with Crippen LogP contribution in [-0.2, 0) is 32.1 Å². The number of thiazole rings is 1. The van der Waals surface area contributed by atoms with E-state index in [1.807, 2.05) is 54.6 Å². The molecule has 1 saturated carbocycles. The van der Waals surface area contributed by atoms with Crippen molar-refractivity contribution in [2.75, 3.05) is 11.9 Å². The third kappa shape index (κ3) is 6.69. The fraction of sp³-hybridized carbons (Fsp3) is 0.345. The number of carboxylic acids is 1. The second-order valence-electron chi connectivity index (χ2n) is 9.80. The lowest BCUT2D eigenvalue weighted by atomic mass is 9.84. The molecule has 1 atom stereocenters. The number of hydrogen-bond acceptors (Lipinski definition) is 7. The molecule has 1 aliphatic heterocycles. The van der Waals surface area contributed by atoms with Gasteiger partial charge in [-0.25, -0.2) is 9.99 Å². The third-order valence-corrected chi connectivity index (χ3v) is 7.86. The number of hydrazone groups is 1. The van der Waals surface area contributed by atoms with Crippen molar-refractivity contribution in [3.63, 3.8) is 0 Å². The number of nitrogens with zero attached hydrogens (tertiary/aromatic N) is 3. The van der Waals surface area contributed by atoms with Crippen LogP contribution in [-0.4, -0.2) is 45.4 Å². The minimum Gasteiger partial charge on any atom is -0.481 e. The highest BCUT2D eigenvalue weighted by Gasteiger charge is 2.32. The largest absolute Gasteiger partial charge is 0.481 e. The van der Waals surface area contributed by atoms with Gasteiger partial charge in [-0.2, -0.15) is 0 Å². The summed E-state index contributed by atoms with van der Waals surface area (Å²) in [5, 5.41) is 20.0. The van der Waals surface area contributed by atoms with Gasteiger partial charge in [0.05, 0.1) is 24.6 Å². The second kappa shape index (κ2) is 12.2. The van der Waals surface area contributed by atoms with E-state index >= 15 is 0 Å². The van der Waals surface area contributed by atoms with E-state index in [0.717, 1.165) is 42.4 Å². The minimum absolute atomic E-state index is 0.00307. The van der Waals surface area contributed by atoms with Gasteiger partial charge in [-0.1, -0.05) is 55.3 Å². The summed E-state index contributed by atoms with van der Waals surface area (Å²) >= 11 is 1.31. The Morgan fingerprint density at radius 2 is 1.85 bits per heavy atom. The highest BCUT2D eigenvalue weighted by Crippen LogP contribution is 2.38. The zero-order valence-electron chi connectivity index (χ0n) is 21.4. The van der Waals surface area contributed by atoms with E-state index in [1.54, 1.807) is 5.38 Å². The number of ether oxygens (including phenoxy) is 1. The number of carbonyl (C=O) groups is 3. The molecule has 0 spiro atoms. The molecule has 5 rings (SSSR count). The van der Waals surface area contributed by atoms with E-state index in [2.05, 4.69) is 15.4 Å². The molecule has 0 radical (unpaired) electrons. The lowest BCUT2D eigenvalue weighted by Gasteiger charge is -2.25. The predicted octanol–water partition coefficient (Wildman–Crippen LogP) is 4.79. The summed E-state index contributed by atoms with van der Waals surface area (Å²) in [4.78, 5) is 41.2. The maximum Gasteiger partial charge on any atom is 0.303 e. The van der Waals surface area contributed by atoms with Crippen molar-refractivity contribution in [2.45, 2.75) is 51.0 Å². The number of aryl methyl sites for hydroxylation is 1. The summed E-state index contributed by atoms with van der Waals surface area (Å²) in [5.41, 5.74) is 3.30. The molecule has 3 aromatic rings. The average molecular weight is 547 g/mol. The van der Waals surface area contributed by atoms with Crippen molar-refractivity contribution in [1.82, 2.24) is 9.99 Å². The monoisotopic (exact) mass is 546 g/mol. The van der Waals surface area contributed by atoms with Gasteiger partial charge in [0.25, 0.3) is 5.91 Å². The molecule has 1 aliphatic carbocycles.